The molecule has 1 aliphatic rings. The van der Waals surface area contributed by atoms with Gasteiger partial charge in [0.1, 0.15) is 36.2 Å². The summed E-state index contributed by atoms with van der Waals surface area (Å²) in [7, 11) is 0. The average Bonchev–Trinajstić information content (AvgIpc) is 2.81. The van der Waals surface area contributed by atoms with Crippen molar-refractivity contribution in [3.63, 3.8) is 0 Å². The van der Waals surface area contributed by atoms with Crippen LogP contribution in [-0.4, -0.2) is 19.7 Å². The maximum absolute atomic E-state index is 11.8. The van der Waals surface area contributed by atoms with Crippen LogP contribution in [0.4, 0.5) is 0 Å². The lowest BCUT2D eigenvalue weighted by molar-refractivity contribution is -0.137. The zero-order chi connectivity index (χ0) is 22.6. The molecule has 5 nitrogen and oxygen atoms in total. The Labute approximate surface area is 186 Å². The van der Waals surface area contributed by atoms with Gasteiger partial charge < -0.3 is 18.9 Å². The Bertz CT molecular complexity index is 1180. The van der Waals surface area contributed by atoms with Crippen LogP contribution in [0.1, 0.15) is 22.3 Å². The van der Waals surface area contributed by atoms with Crippen molar-refractivity contribution in [2.45, 2.75) is 12.5 Å². The van der Waals surface area contributed by atoms with E-state index in [1.165, 1.54) is 0 Å². The molecule has 0 saturated heterocycles. The third-order valence-corrected chi connectivity index (χ3v) is 5.28. The van der Waals surface area contributed by atoms with Crippen molar-refractivity contribution in [2.75, 3.05) is 13.2 Å². The number of aryl methyl sites for hydroxylation is 1. The van der Waals surface area contributed by atoms with E-state index in [1.54, 1.807) is 24.3 Å². The second-order valence-electron chi connectivity index (χ2n) is 7.11. The Morgan fingerprint density at radius 1 is 0.875 bits per heavy atom. The van der Waals surface area contributed by atoms with Crippen LogP contribution in [0.25, 0.3) is 0 Å². The first-order chi connectivity index (χ1) is 15.6. The van der Waals surface area contributed by atoms with Crippen molar-refractivity contribution in [3.05, 3.63) is 82.9 Å². The van der Waals surface area contributed by atoms with Crippen LogP contribution in [0.2, 0.25) is 0 Å². The summed E-state index contributed by atoms with van der Waals surface area (Å²) in [6, 6.07) is 18.4. The van der Waals surface area contributed by atoms with E-state index < -0.39 is 5.60 Å². The molecule has 0 fully saturated rings. The molecule has 158 valence electrons. The standard InChI is InChI=1S/C27H20O5/c1-4-14-29-20-10-12-23-25(16-20)32-26-17-21(30-15-5-2)11-13-24(26)27(23,31-18-28)22-9-7-6-8-19(22)3/h1-2,6-13,16-18H,14-15H2,3H3. The summed E-state index contributed by atoms with van der Waals surface area (Å²) in [5.74, 6) is 6.91. The summed E-state index contributed by atoms with van der Waals surface area (Å²) in [6.07, 6.45) is 10.6. The van der Waals surface area contributed by atoms with Crippen molar-refractivity contribution < 1.29 is 23.7 Å². The highest BCUT2D eigenvalue weighted by molar-refractivity contribution is 5.66. The fraction of sp³-hybridized carbons (Fsp3) is 0.148. The van der Waals surface area contributed by atoms with E-state index in [0.717, 1.165) is 11.1 Å². The average molecular weight is 424 g/mol. The smallest absolute Gasteiger partial charge is 0.294 e. The van der Waals surface area contributed by atoms with Crippen LogP contribution in [0.15, 0.2) is 60.7 Å². The molecule has 0 N–H and O–H groups in total. The van der Waals surface area contributed by atoms with Crippen LogP contribution in [0, 0.1) is 31.6 Å². The lowest BCUT2D eigenvalue weighted by atomic mass is 9.76. The lowest BCUT2D eigenvalue weighted by Gasteiger charge is -2.39. The van der Waals surface area contributed by atoms with Gasteiger partial charge in [0.2, 0.25) is 0 Å². The maximum atomic E-state index is 11.8. The molecule has 0 atom stereocenters. The molecule has 0 aliphatic carbocycles. The lowest BCUT2D eigenvalue weighted by Crippen LogP contribution is -2.36. The summed E-state index contributed by atoms with van der Waals surface area (Å²) in [4.78, 5) is 11.8. The summed E-state index contributed by atoms with van der Waals surface area (Å²) in [5, 5.41) is 0. The van der Waals surface area contributed by atoms with Crippen molar-refractivity contribution >= 4 is 6.47 Å². The number of ether oxygens (including phenoxy) is 4. The maximum Gasteiger partial charge on any atom is 0.294 e. The van der Waals surface area contributed by atoms with E-state index in [-0.39, 0.29) is 13.2 Å². The van der Waals surface area contributed by atoms with Gasteiger partial charge in [0.15, 0.2) is 5.60 Å². The van der Waals surface area contributed by atoms with Gasteiger partial charge in [-0.05, 0) is 36.8 Å². The molecule has 0 unspecified atom stereocenters. The van der Waals surface area contributed by atoms with Gasteiger partial charge in [-0.3, -0.25) is 4.79 Å². The number of hydrogen-bond acceptors (Lipinski definition) is 5. The zero-order valence-electron chi connectivity index (χ0n) is 17.5. The first-order valence-electron chi connectivity index (χ1n) is 9.91. The van der Waals surface area contributed by atoms with Crippen molar-refractivity contribution in [2.24, 2.45) is 0 Å². The predicted molar refractivity (Wildman–Crippen MR) is 120 cm³/mol. The highest BCUT2D eigenvalue weighted by atomic mass is 16.5. The van der Waals surface area contributed by atoms with Crippen molar-refractivity contribution in [1.82, 2.24) is 0 Å². The van der Waals surface area contributed by atoms with Crippen LogP contribution in [0.5, 0.6) is 23.0 Å². The van der Waals surface area contributed by atoms with Gasteiger partial charge in [0, 0.05) is 28.8 Å². The number of benzene rings is 3. The largest absolute Gasteiger partial charge is 0.481 e. The second kappa shape index (κ2) is 8.79. The van der Waals surface area contributed by atoms with Gasteiger partial charge in [-0.15, -0.1) is 12.8 Å². The Morgan fingerprint density at radius 3 is 1.94 bits per heavy atom. The fourth-order valence-corrected chi connectivity index (χ4v) is 3.97. The van der Waals surface area contributed by atoms with Crippen LogP contribution >= 0.6 is 0 Å². The normalized spacial score (nSPS) is 12.7. The molecule has 0 bridgehead atoms. The van der Waals surface area contributed by atoms with E-state index >= 15 is 0 Å². The zero-order valence-corrected chi connectivity index (χ0v) is 17.5. The minimum absolute atomic E-state index is 0.118. The molecule has 0 saturated carbocycles. The van der Waals surface area contributed by atoms with Crippen molar-refractivity contribution in [1.29, 1.82) is 0 Å². The van der Waals surface area contributed by atoms with E-state index in [0.29, 0.717) is 40.6 Å². The Morgan fingerprint density at radius 2 is 1.44 bits per heavy atom. The van der Waals surface area contributed by atoms with Gasteiger partial charge in [0.25, 0.3) is 6.47 Å². The summed E-state index contributed by atoms with van der Waals surface area (Å²) in [5.41, 5.74) is 1.86. The monoisotopic (exact) mass is 424 g/mol. The van der Waals surface area contributed by atoms with E-state index in [1.807, 2.05) is 43.3 Å². The molecule has 1 aliphatic heterocycles. The van der Waals surface area contributed by atoms with Gasteiger partial charge in [0.05, 0.1) is 0 Å². The summed E-state index contributed by atoms with van der Waals surface area (Å²) >= 11 is 0. The number of fused-ring (bicyclic) bond motifs is 2. The minimum atomic E-state index is -1.23. The minimum Gasteiger partial charge on any atom is -0.481 e. The molecule has 3 aromatic carbocycles. The predicted octanol–water partition coefficient (Wildman–Crippen LogP) is 4.59. The van der Waals surface area contributed by atoms with Gasteiger partial charge in [-0.2, -0.15) is 0 Å². The first-order valence-corrected chi connectivity index (χ1v) is 9.91. The molecule has 1 heterocycles. The fourth-order valence-electron chi connectivity index (χ4n) is 3.97. The molecule has 5 heteroatoms. The SMILES string of the molecule is C#CCOc1ccc2c(c1)Oc1cc(OCC#C)ccc1C2(OC=O)c1ccccc1C. The van der Waals surface area contributed by atoms with Gasteiger partial charge in [-0.25, -0.2) is 0 Å². The van der Waals surface area contributed by atoms with E-state index in [9.17, 15) is 4.79 Å². The van der Waals surface area contributed by atoms with E-state index in [2.05, 4.69) is 11.8 Å². The molecule has 0 radical (unpaired) electrons. The topological polar surface area (TPSA) is 54.0 Å². The van der Waals surface area contributed by atoms with Gasteiger partial charge in [-0.1, -0.05) is 36.1 Å². The molecule has 3 aromatic rings. The number of carbonyl (C=O) groups is 1. The molecular weight excluding hydrogens is 404 g/mol. The highest BCUT2D eigenvalue weighted by Crippen LogP contribution is 2.54. The Balaban J connectivity index is 1.98. The molecule has 0 aromatic heterocycles. The summed E-state index contributed by atoms with van der Waals surface area (Å²) in [6.45, 7) is 2.66. The molecule has 32 heavy (non-hydrogen) atoms. The van der Waals surface area contributed by atoms with Gasteiger partial charge >= 0.3 is 0 Å². The molecule has 4 rings (SSSR count). The Kier molecular flexibility index (Phi) is 5.75. The molecule has 0 amide bonds. The number of hydrogen-bond donors (Lipinski definition) is 0. The number of terminal acetylenes is 2. The third kappa shape index (κ3) is 3.51. The molecule has 0 spiro atoms. The van der Waals surface area contributed by atoms with E-state index in [4.69, 9.17) is 31.8 Å². The quantitative estimate of drug-likeness (QED) is 0.410. The first kappa shape index (κ1) is 20.9. The van der Waals surface area contributed by atoms with Crippen LogP contribution in [0.3, 0.4) is 0 Å². The van der Waals surface area contributed by atoms with Crippen LogP contribution in [-0.2, 0) is 15.1 Å². The second-order valence-corrected chi connectivity index (χ2v) is 7.11. The van der Waals surface area contributed by atoms with Crippen LogP contribution < -0.4 is 14.2 Å². The highest BCUT2D eigenvalue weighted by Gasteiger charge is 2.47. The molecular formula is C27H20O5. The Hall–Kier alpha value is -4.35. The number of rotatable bonds is 7. The number of carbonyl (C=O) groups excluding carboxylic acids is 1. The summed E-state index contributed by atoms with van der Waals surface area (Å²) < 4.78 is 23.3. The van der Waals surface area contributed by atoms with Crippen molar-refractivity contribution in [3.8, 4) is 47.7 Å². The third-order valence-electron chi connectivity index (χ3n) is 5.28.